The van der Waals surface area contributed by atoms with Crippen molar-refractivity contribution >= 4 is 40.4 Å². The van der Waals surface area contributed by atoms with Crippen LogP contribution in [0.15, 0.2) is 74.9 Å². The van der Waals surface area contributed by atoms with Crippen molar-refractivity contribution in [3.8, 4) is 5.75 Å². The molecule has 1 amide bonds. The Labute approximate surface area is 230 Å². The highest BCUT2D eigenvalue weighted by Crippen LogP contribution is 2.24. The van der Waals surface area contributed by atoms with Gasteiger partial charge in [0.1, 0.15) is 17.1 Å². The van der Waals surface area contributed by atoms with Gasteiger partial charge in [0.15, 0.2) is 0 Å². The first-order valence-corrected chi connectivity index (χ1v) is 13.4. The van der Waals surface area contributed by atoms with E-state index in [2.05, 4.69) is 5.32 Å². The van der Waals surface area contributed by atoms with E-state index in [9.17, 15) is 14.7 Å². The monoisotopic (exact) mass is 555 g/mol. The van der Waals surface area contributed by atoms with E-state index in [0.29, 0.717) is 40.7 Å². The first-order valence-electron chi connectivity index (χ1n) is 12.0. The molecule has 0 radical (unpaired) electrons. The molecule has 200 valence electrons. The molecule has 2 aromatic carbocycles. The molecule has 4 rings (SSSR count). The van der Waals surface area contributed by atoms with Crippen LogP contribution in [0.25, 0.3) is 11.1 Å². The summed E-state index contributed by atoms with van der Waals surface area (Å²) in [6.07, 6.45) is 0.918. The second kappa shape index (κ2) is 12.5. The number of hydrogen-bond donors (Lipinski definition) is 2. The van der Waals surface area contributed by atoms with Gasteiger partial charge in [-0.05, 0) is 49.0 Å². The highest BCUT2D eigenvalue weighted by Gasteiger charge is 2.19. The summed E-state index contributed by atoms with van der Waals surface area (Å²) >= 11 is 7.46. The number of halogens is 1. The van der Waals surface area contributed by atoms with Crippen molar-refractivity contribution in [3.63, 3.8) is 0 Å². The molecule has 2 N–H and O–H groups in total. The number of aryl methyl sites for hydroxylation is 1. The maximum atomic E-state index is 13.1. The number of furan rings is 1. The topological polar surface area (TPSA) is 96.9 Å². The molecular formula is C28H30ClN3O5S. The molecule has 2 aromatic heterocycles. The lowest BCUT2D eigenvalue weighted by Crippen LogP contribution is -2.30. The van der Waals surface area contributed by atoms with Crippen molar-refractivity contribution in [3.05, 3.63) is 92.9 Å². The Kier molecular flexibility index (Phi) is 9.17. The van der Waals surface area contributed by atoms with Crippen molar-refractivity contribution in [2.75, 3.05) is 26.5 Å². The van der Waals surface area contributed by atoms with Gasteiger partial charge in [-0.3, -0.25) is 14.5 Å². The number of amides is 1. The fourth-order valence-corrected chi connectivity index (χ4v) is 5.05. The lowest BCUT2D eigenvalue weighted by Gasteiger charge is -2.19. The van der Waals surface area contributed by atoms with Crippen LogP contribution in [-0.2, 0) is 20.1 Å². The van der Waals surface area contributed by atoms with Crippen LogP contribution in [0.5, 0.6) is 5.75 Å². The predicted octanol–water partition coefficient (Wildman–Crippen LogP) is 4.31. The minimum Gasteiger partial charge on any atom is -0.497 e. The van der Waals surface area contributed by atoms with E-state index in [1.165, 1.54) is 6.20 Å². The van der Waals surface area contributed by atoms with Gasteiger partial charge in [0.2, 0.25) is 11.1 Å². The minimum atomic E-state index is -0.567. The number of methoxy groups -OCH3 is 1. The second-order valence-electron chi connectivity index (χ2n) is 9.06. The Bertz CT molecular complexity index is 1470. The molecule has 4 aromatic rings. The largest absolute Gasteiger partial charge is 0.497 e. The molecule has 0 saturated carbocycles. The molecule has 0 aliphatic heterocycles. The first kappa shape index (κ1) is 27.8. The number of rotatable bonds is 11. The number of ether oxygens (including phenoxy) is 1. The summed E-state index contributed by atoms with van der Waals surface area (Å²) in [6.45, 7) is 1.09. The Morgan fingerprint density at radius 1 is 1.24 bits per heavy atom. The van der Waals surface area contributed by atoms with Crippen LogP contribution >= 0.6 is 23.4 Å². The summed E-state index contributed by atoms with van der Waals surface area (Å²) in [4.78, 5) is 28.8. The van der Waals surface area contributed by atoms with E-state index in [1.54, 1.807) is 48.7 Å². The van der Waals surface area contributed by atoms with Crippen LogP contribution in [0, 0.1) is 0 Å². The predicted molar refractivity (Wildman–Crippen MR) is 150 cm³/mol. The molecule has 38 heavy (non-hydrogen) atoms. The molecule has 10 heteroatoms. The van der Waals surface area contributed by atoms with Crippen LogP contribution in [0.2, 0.25) is 5.02 Å². The van der Waals surface area contributed by atoms with E-state index >= 15 is 0 Å². The Balaban J connectivity index is 1.38. The number of aliphatic hydroxyl groups is 1. The summed E-state index contributed by atoms with van der Waals surface area (Å²) in [6, 6.07) is 16.5. The van der Waals surface area contributed by atoms with Gasteiger partial charge in [0.05, 0.1) is 25.1 Å². The summed E-state index contributed by atoms with van der Waals surface area (Å²) in [5.74, 6) is 1.41. The van der Waals surface area contributed by atoms with Gasteiger partial charge in [-0.15, -0.1) is 11.8 Å². The molecule has 1 atom stereocenters. The van der Waals surface area contributed by atoms with Crippen LogP contribution in [0.1, 0.15) is 21.7 Å². The smallest absolute Gasteiger partial charge is 0.257 e. The highest BCUT2D eigenvalue weighted by atomic mass is 35.5. The summed E-state index contributed by atoms with van der Waals surface area (Å²) < 4.78 is 12.8. The third-order valence-electron chi connectivity index (χ3n) is 5.94. The number of aliphatic hydroxyl groups excluding tert-OH is 1. The molecule has 0 aliphatic carbocycles. The average Bonchev–Trinajstić information content (AvgIpc) is 3.33. The lowest BCUT2D eigenvalue weighted by atomic mass is 10.2. The van der Waals surface area contributed by atoms with Crippen molar-refractivity contribution in [2.45, 2.75) is 24.1 Å². The molecule has 0 fully saturated rings. The zero-order chi connectivity index (χ0) is 27.2. The number of carbonyl (C=O) groups is 1. The second-order valence-corrected chi connectivity index (χ2v) is 10.6. The Morgan fingerprint density at radius 2 is 2.00 bits per heavy atom. The average molecular weight is 556 g/mol. The number of aromatic nitrogens is 1. The van der Waals surface area contributed by atoms with Crippen molar-refractivity contribution < 1.29 is 19.1 Å². The van der Waals surface area contributed by atoms with Crippen molar-refractivity contribution in [2.24, 2.45) is 7.05 Å². The number of nitrogens with one attached hydrogen (secondary N) is 1. The molecule has 0 bridgehead atoms. The van der Waals surface area contributed by atoms with E-state index in [-0.39, 0.29) is 17.5 Å². The van der Waals surface area contributed by atoms with Crippen LogP contribution in [-0.4, -0.2) is 53.0 Å². The Morgan fingerprint density at radius 3 is 2.74 bits per heavy atom. The van der Waals surface area contributed by atoms with Gasteiger partial charge in [0, 0.05) is 42.0 Å². The van der Waals surface area contributed by atoms with Gasteiger partial charge in [0.25, 0.3) is 5.91 Å². The summed E-state index contributed by atoms with van der Waals surface area (Å²) in [5.41, 5.74) is 0.916. The zero-order valence-corrected chi connectivity index (χ0v) is 23.0. The molecule has 2 heterocycles. The number of carbonyl (C=O) groups excluding carboxylic acids is 1. The van der Waals surface area contributed by atoms with Gasteiger partial charge >= 0.3 is 0 Å². The summed E-state index contributed by atoms with van der Waals surface area (Å²) in [7, 11) is 5.23. The Hall–Kier alpha value is -3.24. The standard InChI is InChI=1S/C28H30ClN3O5S/c1-31(14-20(33)17-38-23-6-4-5-21(11-23)36-3)15-22-12-24-26(34)25(16-32(2)28(24)37-22)27(35)30-13-18-7-9-19(29)10-8-18/h4-12,16,20,33H,13-15,17H2,1-3H3,(H,30,35). The number of likely N-dealkylation sites (N-methyl/N-ethyl adjacent to an activating group) is 1. The normalized spacial score (nSPS) is 12.2. The molecule has 1 unspecified atom stereocenters. The molecule has 0 spiro atoms. The fraction of sp³-hybridized carbons (Fsp3) is 0.286. The van der Waals surface area contributed by atoms with Gasteiger partial charge in [-0.2, -0.15) is 0 Å². The lowest BCUT2D eigenvalue weighted by molar-refractivity contribution is 0.0949. The van der Waals surface area contributed by atoms with Gasteiger partial charge < -0.3 is 24.1 Å². The minimum absolute atomic E-state index is 0.0413. The molecular weight excluding hydrogens is 526 g/mol. The highest BCUT2D eigenvalue weighted by molar-refractivity contribution is 7.99. The van der Waals surface area contributed by atoms with E-state index in [1.807, 2.05) is 48.3 Å². The van der Waals surface area contributed by atoms with Crippen LogP contribution in [0.4, 0.5) is 0 Å². The summed E-state index contributed by atoms with van der Waals surface area (Å²) in [5, 5.41) is 14.3. The number of pyridine rings is 1. The fourth-order valence-electron chi connectivity index (χ4n) is 4.06. The third kappa shape index (κ3) is 6.99. The maximum Gasteiger partial charge on any atom is 0.257 e. The van der Waals surface area contributed by atoms with Gasteiger partial charge in [-0.1, -0.05) is 29.8 Å². The SMILES string of the molecule is COc1cccc(SCC(O)CN(C)Cc2cc3c(=O)c(C(=O)NCc4ccc(Cl)cc4)cn(C)c3o2)c1. The number of hydrogen-bond acceptors (Lipinski definition) is 7. The van der Waals surface area contributed by atoms with Crippen LogP contribution in [0.3, 0.4) is 0 Å². The number of fused-ring (bicyclic) bond motifs is 1. The zero-order valence-electron chi connectivity index (χ0n) is 21.4. The van der Waals surface area contributed by atoms with Gasteiger partial charge in [-0.25, -0.2) is 0 Å². The van der Waals surface area contributed by atoms with Crippen molar-refractivity contribution in [1.82, 2.24) is 14.8 Å². The van der Waals surface area contributed by atoms with E-state index in [0.717, 1.165) is 16.2 Å². The first-order chi connectivity index (χ1) is 18.2. The van der Waals surface area contributed by atoms with E-state index < -0.39 is 12.0 Å². The molecule has 0 saturated heterocycles. The molecule has 8 nitrogen and oxygen atoms in total. The van der Waals surface area contributed by atoms with Crippen LogP contribution < -0.4 is 15.5 Å². The third-order valence-corrected chi connectivity index (χ3v) is 7.33. The number of nitrogens with zero attached hydrogens (tertiary/aromatic N) is 2. The number of thioether (sulfide) groups is 1. The number of benzene rings is 2. The van der Waals surface area contributed by atoms with E-state index in [4.69, 9.17) is 20.8 Å². The molecule has 0 aliphatic rings. The maximum absolute atomic E-state index is 13.1. The van der Waals surface area contributed by atoms with Crippen molar-refractivity contribution in [1.29, 1.82) is 0 Å². The quantitative estimate of drug-likeness (QED) is 0.266.